The Morgan fingerprint density at radius 1 is 1.30 bits per heavy atom. The van der Waals surface area contributed by atoms with Gasteiger partial charge in [-0.2, -0.15) is 0 Å². The highest BCUT2D eigenvalue weighted by atomic mass is 35.5. The van der Waals surface area contributed by atoms with Gasteiger partial charge in [0.15, 0.2) is 5.02 Å². The molecule has 1 nitrogen and oxygen atoms in total. The van der Waals surface area contributed by atoms with Crippen LogP contribution in [0.25, 0.3) is 0 Å². The zero-order valence-corrected chi connectivity index (χ0v) is 6.65. The van der Waals surface area contributed by atoms with E-state index in [1.165, 1.54) is 0 Å². The number of benzene rings is 1. The van der Waals surface area contributed by atoms with E-state index in [9.17, 15) is 0 Å². The molecular weight excluding hydrogens is 171 g/mol. The Balaban J connectivity index is 3.14. The van der Waals surface area contributed by atoms with Crippen LogP contribution in [-0.2, 0) is 0 Å². The number of aromatic hydroxyl groups is 1. The van der Waals surface area contributed by atoms with Gasteiger partial charge < -0.3 is 4.74 Å². The van der Waals surface area contributed by atoms with Crippen LogP contribution in [0.15, 0.2) is 18.2 Å². The molecule has 0 amide bonds. The summed E-state index contributed by atoms with van der Waals surface area (Å²) in [5.74, 6) is 0.620. The van der Waals surface area contributed by atoms with Crippen LogP contribution in [0.2, 0.25) is 10.0 Å². The van der Waals surface area contributed by atoms with Gasteiger partial charge in [-0.3, -0.25) is 0 Å². The molecule has 0 spiro atoms. The van der Waals surface area contributed by atoms with Crippen molar-refractivity contribution < 1.29 is 4.74 Å². The Hall–Kier alpha value is -0.400. The number of hydrogen-bond donors (Lipinski definition) is 0. The lowest BCUT2D eigenvalue weighted by Crippen LogP contribution is -1.76. The number of ether oxygens (including phenoxy) is 1. The van der Waals surface area contributed by atoms with E-state index in [1.54, 1.807) is 18.2 Å². The number of aliphatic hydroxyl groups is 1. The monoisotopic (exact) mass is 176 g/mol. The van der Waals surface area contributed by atoms with Crippen molar-refractivity contribution in [3.8, 4) is 5.75 Å². The average Bonchev–Trinajstić information content (AvgIpc) is 1.95. The summed E-state index contributed by atoms with van der Waals surface area (Å²) in [7, 11) is 3.34. The number of hydrogen-bond acceptors (Lipinski definition) is 0. The zero-order valence-electron chi connectivity index (χ0n) is 5.14. The molecule has 10 heavy (non-hydrogen) atoms. The molecule has 54 valence electrons. The first-order chi connectivity index (χ1) is 4.75. The van der Waals surface area contributed by atoms with E-state index >= 15 is 0 Å². The standard InChI is InChI=1S/C7H6Cl2O/c1-10-6-4-2-3-5(8)7(6)9/h2-4,10H,1H2. The minimum atomic E-state index is 0.458. The maximum Gasteiger partial charge on any atom is 0.246 e. The van der Waals surface area contributed by atoms with Gasteiger partial charge in [0.05, 0.1) is 5.02 Å². The molecule has 0 aliphatic rings. The lowest BCUT2D eigenvalue weighted by Gasteiger charge is -2.04. The Bertz CT molecular complexity index is 235. The van der Waals surface area contributed by atoms with Gasteiger partial charge in [-0.25, -0.2) is 0 Å². The molecule has 0 aliphatic carbocycles. The molecule has 0 atom stereocenters. The van der Waals surface area contributed by atoms with Crippen LogP contribution < -0.4 is 0 Å². The molecule has 0 saturated carbocycles. The van der Waals surface area contributed by atoms with Crippen molar-refractivity contribution in [2.45, 2.75) is 0 Å². The fourth-order valence-corrected chi connectivity index (χ4v) is 0.970. The maximum absolute atomic E-state index is 5.73. The highest BCUT2D eigenvalue weighted by Crippen LogP contribution is 2.31. The van der Waals surface area contributed by atoms with Crippen LogP contribution >= 0.6 is 23.2 Å². The van der Waals surface area contributed by atoms with E-state index in [1.807, 2.05) is 0 Å². The Kier molecular flexibility index (Phi) is 2.41. The fourth-order valence-electron chi connectivity index (χ4n) is 0.615. The van der Waals surface area contributed by atoms with E-state index in [4.69, 9.17) is 23.2 Å². The molecule has 1 aromatic carbocycles. The summed E-state index contributed by atoms with van der Waals surface area (Å²) in [6.45, 7) is 0. The summed E-state index contributed by atoms with van der Waals surface area (Å²) in [5, 5.41) is 0.964. The second kappa shape index (κ2) is 3.13. The smallest absolute Gasteiger partial charge is 0.246 e. The van der Waals surface area contributed by atoms with Gasteiger partial charge in [0.2, 0.25) is 5.75 Å². The van der Waals surface area contributed by atoms with Crippen molar-refractivity contribution in [3.63, 3.8) is 0 Å². The van der Waals surface area contributed by atoms with Crippen molar-refractivity contribution in [1.29, 1.82) is 0 Å². The van der Waals surface area contributed by atoms with E-state index in [-0.39, 0.29) is 0 Å². The van der Waals surface area contributed by atoms with Gasteiger partial charge in [0.1, 0.15) is 0 Å². The topological polar surface area (TPSA) is 12.8 Å². The van der Waals surface area contributed by atoms with Crippen LogP contribution in [-0.4, -0.2) is 4.74 Å². The van der Waals surface area contributed by atoms with Crippen LogP contribution in [0.3, 0.4) is 0 Å². The predicted molar refractivity (Wildman–Crippen MR) is 43.5 cm³/mol. The average molecular weight is 177 g/mol. The molecule has 0 heterocycles. The van der Waals surface area contributed by atoms with Gasteiger partial charge in [-0.05, 0) is 13.2 Å². The third kappa shape index (κ3) is 1.36. The van der Waals surface area contributed by atoms with E-state index < -0.39 is 0 Å². The highest BCUT2D eigenvalue weighted by Gasteiger charge is 2.04. The largest absolute Gasteiger partial charge is 0.721 e. The first-order valence-electron chi connectivity index (χ1n) is 2.66. The molecule has 0 aromatic heterocycles. The minimum absolute atomic E-state index is 0.458. The van der Waals surface area contributed by atoms with E-state index in [0.29, 0.717) is 15.8 Å². The third-order valence-corrected chi connectivity index (χ3v) is 1.91. The predicted octanol–water partition coefficient (Wildman–Crippen LogP) is 3.03. The van der Waals surface area contributed by atoms with Gasteiger partial charge >= 0.3 is 0 Å². The van der Waals surface area contributed by atoms with E-state index in [0.717, 1.165) is 0 Å². The number of rotatable bonds is 1. The molecule has 0 radical (unpaired) electrons. The quantitative estimate of drug-likeness (QED) is 0.462. The first-order valence-corrected chi connectivity index (χ1v) is 3.42. The Labute approximate surface area is 69.5 Å². The molecule has 1 N–H and O–H groups in total. The molecule has 1 rings (SSSR count). The minimum Gasteiger partial charge on any atom is -0.721 e. The van der Waals surface area contributed by atoms with Crippen LogP contribution in [0.5, 0.6) is 5.75 Å². The van der Waals surface area contributed by atoms with Crippen molar-refractivity contribution in [3.05, 3.63) is 35.4 Å². The Morgan fingerprint density at radius 3 is 2.50 bits per heavy atom. The molecule has 0 bridgehead atoms. The lowest BCUT2D eigenvalue weighted by molar-refractivity contribution is 0.186. The zero-order chi connectivity index (χ0) is 7.56. The second-order valence-electron chi connectivity index (χ2n) is 1.73. The third-order valence-electron chi connectivity index (χ3n) is 1.10. The second-order valence-corrected chi connectivity index (χ2v) is 2.52. The van der Waals surface area contributed by atoms with Crippen molar-refractivity contribution in [2.75, 3.05) is 0 Å². The van der Waals surface area contributed by atoms with Gasteiger partial charge in [0, 0.05) is 6.07 Å². The molecule has 1 aromatic rings. The Morgan fingerprint density at radius 2 is 2.00 bits per heavy atom. The normalized spacial score (nSPS) is 9.50. The molecular formula is C7H6Cl2O. The van der Waals surface area contributed by atoms with Crippen LogP contribution in [0.4, 0.5) is 0 Å². The van der Waals surface area contributed by atoms with E-state index in [2.05, 4.69) is 11.8 Å². The summed E-state index contributed by atoms with van der Waals surface area (Å²) < 4.78 is 3.66. The maximum atomic E-state index is 5.73. The molecule has 0 saturated heterocycles. The summed E-state index contributed by atoms with van der Waals surface area (Å²) in [4.78, 5) is 0. The van der Waals surface area contributed by atoms with Crippen molar-refractivity contribution in [1.82, 2.24) is 0 Å². The van der Waals surface area contributed by atoms with Crippen molar-refractivity contribution >= 4 is 23.2 Å². The molecule has 3 heteroatoms. The summed E-state index contributed by atoms with van der Waals surface area (Å²) in [5.41, 5.74) is 0. The van der Waals surface area contributed by atoms with Crippen molar-refractivity contribution in [2.24, 2.45) is 0 Å². The summed E-state index contributed by atoms with van der Waals surface area (Å²) in [6.07, 6.45) is 0. The number of halogens is 2. The van der Waals surface area contributed by atoms with Crippen LogP contribution in [0.1, 0.15) is 0 Å². The molecule has 0 unspecified atom stereocenters. The molecule has 0 fully saturated rings. The summed E-state index contributed by atoms with van der Waals surface area (Å²) >= 11 is 11.4. The molecule has 0 aliphatic heterocycles. The van der Waals surface area contributed by atoms with Crippen LogP contribution in [0, 0.1) is 7.11 Å². The highest BCUT2D eigenvalue weighted by molar-refractivity contribution is 6.42. The van der Waals surface area contributed by atoms with Gasteiger partial charge in [-0.1, -0.05) is 29.3 Å². The fraction of sp³-hybridized carbons (Fsp3) is 0. The van der Waals surface area contributed by atoms with Gasteiger partial charge in [0.25, 0.3) is 0 Å². The van der Waals surface area contributed by atoms with Gasteiger partial charge in [-0.15, -0.1) is 0 Å². The lowest BCUT2D eigenvalue weighted by atomic mass is 10.3. The first kappa shape index (κ1) is 7.70. The SMILES string of the molecule is [CH2-][OH+]c1cccc(Cl)c1Cl. The summed E-state index contributed by atoms with van der Waals surface area (Å²) in [6, 6.07) is 5.23.